The van der Waals surface area contributed by atoms with Crippen molar-refractivity contribution < 1.29 is 28.6 Å². The van der Waals surface area contributed by atoms with Gasteiger partial charge in [-0.1, -0.05) is 307 Å². The highest BCUT2D eigenvalue weighted by Crippen LogP contribution is 2.16. The second-order valence-corrected chi connectivity index (χ2v) is 22.0. The molecule has 0 aliphatic rings. The normalized spacial score (nSPS) is 13.1. The standard InChI is InChI=1S/C77H124O6/c1-4-7-10-13-16-19-22-25-28-29-30-31-32-33-34-35-36-37-38-39-40-41-42-43-44-45-46-47-50-52-55-58-61-64-67-70-76(79)82-73-74(83-77(80)71-68-65-62-59-56-53-49-27-24-21-18-15-12-9-6-3)72-81-75(78)69-66-63-60-57-54-51-48-26-23-20-17-14-11-8-5-2/h7-12,16-21,25-28,30-31,33-34,48-49,56,59,65,68,74H,4-6,13-15,22-24,29,32,35-47,50-55,57-58,60-64,66-67,69-73H2,1-3H3/b10-7-,11-8-,12-9-,19-16-,20-17-,21-18-,28-25-,31-30-,34-33-,48-26-,49-27-,59-56-,68-65-. The molecule has 0 heterocycles. The second-order valence-electron chi connectivity index (χ2n) is 22.0. The van der Waals surface area contributed by atoms with E-state index in [0.29, 0.717) is 19.3 Å². The lowest BCUT2D eigenvalue weighted by molar-refractivity contribution is -0.166. The minimum atomic E-state index is -0.845. The van der Waals surface area contributed by atoms with Crippen LogP contribution in [0.15, 0.2) is 158 Å². The minimum Gasteiger partial charge on any atom is -0.462 e. The highest BCUT2D eigenvalue weighted by atomic mass is 16.6. The summed E-state index contributed by atoms with van der Waals surface area (Å²) >= 11 is 0. The average molecular weight is 1150 g/mol. The Morgan fingerprint density at radius 2 is 0.470 bits per heavy atom. The lowest BCUT2D eigenvalue weighted by Crippen LogP contribution is -2.30. The summed E-state index contributed by atoms with van der Waals surface area (Å²) in [5, 5.41) is 0. The molecule has 6 nitrogen and oxygen atoms in total. The zero-order chi connectivity index (χ0) is 59.9. The molecule has 0 amide bonds. The molecule has 6 heteroatoms. The van der Waals surface area contributed by atoms with Crippen molar-refractivity contribution >= 4 is 17.9 Å². The van der Waals surface area contributed by atoms with Crippen LogP contribution in [0, 0.1) is 0 Å². The summed E-state index contributed by atoms with van der Waals surface area (Å²) in [5.41, 5.74) is 0. The molecule has 0 bridgehead atoms. The summed E-state index contributed by atoms with van der Waals surface area (Å²) in [6, 6.07) is 0. The summed E-state index contributed by atoms with van der Waals surface area (Å²) in [4.78, 5) is 38.2. The third-order valence-corrected chi connectivity index (χ3v) is 14.0. The molecule has 0 rings (SSSR count). The molecule has 0 saturated heterocycles. The van der Waals surface area contributed by atoms with Crippen molar-refractivity contribution in [3.05, 3.63) is 158 Å². The maximum atomic E-state index is 12.8. The van der Waals surface area contributed by atoms with Crippen LogP contribution in [-0.4, -0.2) is 37.2 Å². The molecule has 0 aromatic heterocycles. The molecule has 468 valence electrons. The van der Waals surface area contributed by atoms with E-state index in [1.54, 1.807) is 6.08 Å². The third kappa shape index (κ3) is 67.7. The average Bonchev–Trinajstić information content (AvgIpc) is 3.49. The molecule has 0 fully saturated rings. The van der Waals surface area contributed by atoms with Crippen LogP contribution in [0.2, 0.25) is 0 Å². The smallest absolute Gasteiger partial charge is 0.310 e. The Balaban J connectivity index is 4.23. The highest BCUT2D eigenvalue weighted by molar-refractivity contribution is 5.72. The van der Waals surface area contributed by atoms with E-state index in [0.717, 1.165) is 135 Å². The van der Waals surface area contributed by atoms with E-state index in [4.69, 9.17) is 14.2 Å². The van der Waals surface area contributed by atoms with Crippen LogP contribution in [0.3, 0.4) is 0 Å². The Kier molecular flexibility index (Phi) is 65.4. The molecular formula is C77H124O6. The summed E-state index contributed by atoms with van der Waals surface area (Å²) in [7, 11) is 0. The van der Waals surface area contributed by atoms with Crippen LogP contribution in [0.5, 0.6) is 0 Å². The second kappa shape index (κ2) is 69.5. The number of carbonyl (C=O) groups is 3. The van der Waals surface area contributed by atoms with Crippen LogP contribution in [0.4, 0.5) is 0 Å². The zero-order valence-corrected chi connectivity index (χ0v) is 53.7. The monoisotopic (exact) mass is 1140 g/mol. The summed E-state index contributed by atoms with van der Waals surface area (Å²) in [6.45, 7) is 6.21. The van der Waals surface area contributed by atoms with Gasteiger partial charge in [0.15, 0.2) is 6.10 Å². The van der Waals surface area contributed by atoms with Gasteiger partial charge in [-0.25, -0.2) is 0 Å². The van der Waals surface area contributed by atoms with Gasteiger partial charge in [0.05, 0.1) is 6.42 Å². The van der Waals surface area contributed by atoms with Gasteiger partial charge in [-0.3, -0.25) is 14.4 Å². The maximum absolute atomic E-state index is 12.8. The first kappa shape index (κ1) is 78.0. The number of rotatable bonds is 60. The predicted octanol–water partition coefficient (Wildman–Crippen LogP) is 23.7. The lowest BCUT2D eigenvalue weighted by Gasteiger charge is -2.18. The van der Waals surface area contributed by atoms with Crippen LogP contribution < -0.4 is 0 Å². The number of esters is 3. The fraction of sp³-hybridized carbons (Fsp3) is 0.623. The van der Waals surface area contributed by atoms with Crippen molar-refractivity contribution in [2.24, 2.45) is 0 Å². The van der Waals surface area contributed by atoms with Crippen molar-refractivity contribution in [2.75, 3.05) is 13.2 Å². The summed E-state index contributed by atoms with van der Waals surface area (Å²) in [6.07, 6.45) is 102. The van der Waals surface area contributed by atoms with Gasteiger partial charge < -0.3 is 14.2 Å². The molecule has 1 atom stereocenters. The first-order valence-corrected chi connectivity index (χ1v) is 34.0. The molecular weight excluding hydrogens is 1020 g/mol. The van der Waals surface area contributed by atoms with Gasteiger partial charge in [0.2, 0.25) is 0 Å². The number of unbranched alkanes of at least 4 members (excludes halogenated alkanes) is 24. The molecule has 0 N–H and O–H groups in total. The maximum Gasteiger partial charge on any atom is 0.310 e. The van der Waals surface area contributed by atoms with Gasteiger partial charge in [0.1, 0.15) is 13.2 Å². The fourth-order valence-electron chi connectivity index (χ4n) is 9.09. The van der Waals surface area contributed by atoms with Crippen molar-refractivity contribution in [1.82, 2.24) is 0 Å². The van der Waals surface area contributed by atoms with Gasteiger partial charge >= 0.3 is 17.9 Å². The van der Waals surface area contributed by atoms with E-state index >= 15 is 0 Å². The summed E-state index contributed by atoms with van der Waals surface area (Å²) < 4.78 is 16.8. The molecule has 0 aromatic rings. The molecule has 0 aliphatic heterocycles. The van der Waals surface area contributed by atoms with Crippen LogP contribution in [0.25, 0.3) is 0 Å². The van der Waals surface area contributed by atoms with E-state index < -0.39 is 12.1 Å². The quantitative estimate of drug-likeness (QED) is 0.0261. The topological polar surface area (TPSA) is 78.9 Å². The first-order valence-electron chi connectivity index (χ1n) is 34.0. The molecule has 1 unspecified atom stereocenters. The molecule has 0 saturated carbocycles. The van der Waals surface area contributed by atoms with E-state index in [2.05, 4.69) is 167 Å². The van der Waals surface area contributed by atoms with Crippen molar-refractivity contribution in [3.63, 3.8) is 0 Å². The number of hydrogen-bond donors (Lipinski definition) is 0. The summed E-state index contributed by atoms with van der Waals surface area (Å²) in [5.74, 6) is -1.07. The van der Waals surface area contributed by atoms with Gasteiger partial charge in [0.25, 0.3) is 0 Å². The lowest BCUT2D eigenvalue weighted by atomic mass is 10.0. The Labute approximate surface area is 511 Å². The van der Waals surface area contributed by atoms with E-state index in [1.165, 1.54) is 109 Å². The molecule has 0 spiro atoms. The van der Waals surface area contributed by atoms with Gasteiger partial charge in [0, 0.05) is 12.8 Å². The Morgan fingerprint density at radius 1 is 0.253 bits per heavy atom. The number of carbonyl (C=O) groups excluding carboxylic acids is 3. The molecule has 0 aromatic carbocycles. The fourth-order valence-corrected chi connectivity index (χ4v) is 9.09. The van der Waals surface area contributed by atoms with Crippen LogP contribution in [-0.2, 0) is 28.6 Å². The number of ether oxygens (including phenoxy) is 3. The minimum absolute atomic E-state index is 0.0885. The van der Waals surface area contributed by atoms with E-state index in [-0.39, 0.29) is 31.6 Å². The zero-order valence-electron chi connectivity index (χ0n) is 53.7. The highest BCUT2D eigenvalue weighted by Gasteiger charge is 2.19. The van der Waals surface area contributed by atoms with Gasteiger partial charge in [-0.05, 0) is 122 Å². The van der Waals surface area contributed by atoms with E-state index in [1.807, 2.05) is 6.08 Å². The van der Waals surface area contributed by atoms with E-state index in [9.17, 15) is 14.4 Å². The predicted molar refractivity (Wildman–Crippen MR) is 362 cm³/mol. The number of allylic oxidation sites excluding steroid dienone is 25. The Morgan fingerprint density at radius 3 is 0.735 bits per heavy atom. The van der Waals surface area contributed by atoms with Crippen molar-refractivity contribution in [3.8, 4) is 0 Å². The molecule has 0 radical (unpaired) electrons. The molecule has 0 aliphatic carbocycles. The SMILES string of the molecule is CC/C=C\C/C=C\C/C=C\C/C=C\C/C=C\CCCCCCCCCCCCCCCCCCCCCC(=O)OCC(COC(=O)CCCCCCC/C=C\C/C=C\C/C=C\CC)OC(=O)C/C=C\C/C=C\C/C=C\C/C=C\C/C=C\CC. The van der Waals surface area contributed by atoms with Crippen LogP contribution >= 0.6 is 0 Å². The Bertz CT molecular complexity index is 1840. The van der Waals surface area contributed by atoms with Crippen LogP contribution in [0.1, 0.15) is 290 Å². The third-order valence-electron chi connectivity index (χ3n) is 14.0. The van der Waals surface area contributed by atoms with Crippen molar-refractivity contribution in [2.45, 2.75) is 297 Å². The van der Waals surface area contributed by atoms with Crippen molar-refractivity contribution in [1.29, 1.82) is 0 Å². The van der Waals surface area contributed by atoms with Gasteiger partial charge in [-0.15, -0.1) is 0 Å². The largest absolute Gasteiger partial charge is 0.462 e. The number of hydrogen-bond acceptors (Lipinski definition) is 6. The van der Waals surface area contributed by atoms with Gasteiger partial charge in [-0.2, -0.15) is 0 Å². The Hall–Kier alpha value is -4.97. The first-order chi connectivity index (χ1) is 41.0. The molecule has 83 heavy (non-hydrogen) atoms.